The molecule has 0 spiro atoms. The molecule has 4 fully saturated rings. The summed E-state index contributed by atoms with van der Waals surface area (Å²) in [5.74, 6) is 5.56. The molecule has 0 aliphatic heterocycles. The Hall–Kier alpha value is -0.0800. The first kappa shape index (κ1) is 19.2. The summed E-state index contributed by atoms with van der Waals surface area (Å²) in [5.41, 5.74) is 0.103. The van der Waals surface area contributed by atoms with Gasteiger partial charge in [0.2, 0.25) is 0 Å². The highest BCUT2D eigenvalue weighted by Crippen LogP contribution is 2.65. The number of aliphatic hydroxyl groups excluding tert-OH is 1. The summed E-state index contributed by atoms with van der Waals surface area (Å²) in [7, 11) is 0. The van der Waals surface area contributed by atoms with Crippen molar-refractivity contribution in [2.45, 2.75) is 104 Å². The van der Waals surface area contributed by atoms with Crippen molar-refractivity contribution >= 4 is 0 Å². The molecule has 2 heteroatoms. The fourth-order valence-corrected chi connectivity index (χ4v) is 8.52. The monoisotopic (exact) mass is 362 g/mol. The fraction of sp³-hybridized carbons (Fsp3) is 1.00. The van der Waals surface area contributed by atoms with Gasteiger partial charge in [-0.25, -0.2) is 0 Å². The lowest BCUT2D eigenvalue weighted by molar-refractivity contribution is -0.111. The molecular formula is C24H42O2. The summed E-state index contributed by atoms with van der Waals surface area (Å²) in [4.78, 5) is 0. The number of hydrogen-bond donors (Lipinski definition) is 2. The summed E-state index contributed by atoms with van der Waals surface area (Å²) in [6, 6.07) is 0. The molecular weight excluding hydrogens is 320 g/mol. The van der Waals surface area contributed by atoms with E-state index in [1.165, 1.54) is 44.9 Å². The smallest absolute Gasteiger partial charge is 0.0648 e. The lowest BCUT2D eigenvalue weighted by Gasteiger charge is -2.57. The summed E-state index contributed by atoms with van der Waals surface area (Å²) >= 11 is 0. The topological polar surface area (TPSA) is 40.5 Å². The molecule has 26 heavy (non-hydrogen) atoms. The minimum atomic E-state index is -0.359. The van der Waals surface area contributed by atoms with Crippen molar-refractivity contribution < 1.29 is 10.2 Å². The van der Waals surface area contributed by atoms with Gasteiger partial charge in [0.1, 0.15) is 0 Å². The molecule has 4 saturated carbocycles. The maximum absolute atomic E-state index is 10.8. The molecule has 2 nitrogen and oxygen atoms in total. The van der Waals surface area contributed by atoms with Gasteiger partial charge in [0.25, 0.3) is 0 Å². The number of aliphatic hydroxyl groups is 2. The fourth-order valence-electron chi connectivity index (χ4n) is 8.52. The van der Waals surface area contributed by atoms with Gasteiger partial charge in [-0.15, -0.1) is 0 Å². The van der Waals surface area contributed by atoms with Crippen molar-refractivity contribution in [2.24, 2.45) is 46.8 Å². The third-order valence-corrected chi connectivity index (χ3v) is 10.2. The first-order chi connectivity index (χ1) is 12.3. The first-order valence-corrected chi connectivity index (χ1v) is 11.7. The molecule has 2 N–H and O–H groups in total. The highest BCUT2D eigenvalue weighted by molar-refractivity contribution is 5.07. The van der Waals surface area contributed by atoms with Crippen LogP contribution in [0.25, 0.3) is 0 Å². The van der Waals surface area contributed by atoms with Gasteiger partial charge in [-0.1, -0.05) is 20.8 Å². The Morgan fingerprint density at radius 2 is 1.65 bits per heavy atom. The van der Waals surface area contributed by atoms with E-state index in [4.69, 9.17) is 0 Å². The lowest BCUT2D eigenvalue weighted by atomic mass is 9.48. The third kappa shape index (κ3) is 2.89. The summed E-state index contributed by atoms with van der Waals surface area (Å²) in [5, 5.41) is 21.1. The van der Waals surface area contributed by atoms with E-state index in [9.17, 15) is 10.2 Å². The maximum Gasteiger partial charge on any atom is 0.0648 e. The van der Waals surface area contributed by atoms with E-state index in [-0.39, 0.29) is 11.7 Å². The normalized spacial score (nSPS) is 53.3. The predicted molar refractivity (Wildman–Crippen MR) is 107 cm³/mol. The number of hydrogen-bond acceptors (Lipinski definition) is 2. The molecule has 10 atom stereocenters. The molecule has 4 aliphatic rings. The van der Waals surface area contributed by atoms with Crippen molar-refractivity contribution in [1.29, 1.82) is 0 Å². The highest BCUT2D eigenvalue weighted by Gasteiger charge is 2.58. The second kappa shape index (κ2) is 6.76. The SMILES string of the molecule is CC[C@@]1(O)CC[C@H]2[C@H](CC[C@@H]3[C@@H]2CC[C@]2(C)[C@@H]([C@H](C)[C@@H](C)O)CC[C@@H]32)C1. The van der Waals surface area contributed by atoms with Crippen LogP contribution in [-0.4, -0.2) is 21.9 Å². The summed E-state index contributed by atoms with van der Waals surface area (Å²) < 4.78 is 0. The van der Waals surface area contributed by atoms with Crippen LogP contribution < -0.4 is 0 Å². The van der Waals surface area contributed by atoms with Gasteiger partial charge in [-0.3, -0.25) is 0 Å². The summed E-state index contributed by atoms with van der Waals surface area (Å²) in [6.45, 7) is 9.03. The molecule has 150 valence electrons. The van der Waals surface area contributed by atoms with Gasteiger partial charge in [-0.2, -0.15) is 0 Å². The minimum Gasteiger partial charge on any atom is -0.393 e. The molecule has 0 aromatic heterocycles. The van der Waals surface area contributed by atoms with Gasteiger partial charge in [-0.05, 0) is 118 Å². The van der Waals surface area contributed by atoms with Crippen molar-refractivity contribution in [1.82, 2.24) is 0 Å². The Kier molecular flexibility index (Phi) is 5.01. The van der Waals surface area contributed by atoms with Crippen LogP contribution in [0.15, 0.2) is 0 Å². The van der Waals surface area contributed by atoms with E-state index in [1.807, 2.05) is 6.92 Å². The number of fused-ring (bicyclic) bond motifs is 5. The second-order valence-electron chi connectivity index (χ2n) is 11.1. The number of rotatable bonds is 3. The quantitative estimate of drug-likeness (QED) is 0.704. The van der Waals surface area contributed by atoms with Gasteiger partial charge < -0.3 is 10.2 Å². The Morgan fingerprint density at radius 3 is 2.35 bits per heavy atom. The minimum absolute atomic E-state index is 0.172. The van der Waals surface area contributed by atoms with Crippen molar-refractivity contribution in [2.75, 3.05) is 0 Å². The second-order valence-corrected chi connectivity index (χ2v) is 11.1. The average molecular weight is 363 g/mol. The van der Waals surface area contributed by atoms with Crippen LogP contribution in [-0.2, 0) is 0 Å². The molecule has 0 heterocycles. The largest absolute Gasteiger partial charge is 0.393 e. The van der Waals surface area contributed by atoms with E-state index in [0.717, 1.165) is 48.9 Å². The maximum atomic E-state index is 10.8. The van der Waals surface area contributed by atoms with Crippen LogP contribution in [0.5, 0.6) is 0 Å². The van der Waals surface area contributed by atoms with Crippen LogP contribution in [0.1, 0.15) is 91.9 Å². The molecule has 4 rings (SSSR count). The van der Waals surface area contributed by atoms with E-state index < -0.39 is 0 Å². The zero-order chi connectivity index (χ0) is 18.7. The molecule has 0 saturated heterocycles. The van der Waals surface area contributed by atoms with Crippen molar-refractivity contribution in [3.8, 4) is 0 Å². The van der Waals surface area contributed by atoms with Gasteiger partial charge in [0.05, 0.1) is 11.7 Å². The Labute approximate surface area is 161 Å². The van der Waals surface area contributed by atoms with E-state index in [1.54, 1.807) is 0 Å². The van der Waals surface area contributed by atoms with E-state index >= 15 is 0 Å². The van der Waals surface area contributed by atoms with Gasteiger partial charge in [0, 0.05) is 0 Å². The average Bonchev–Trinajstić information content (AvgIpc) is 2.97. The van der Waals surface area contributed by atoms with Crippen LogP contribution in [0, 0.1) is 46.8 Å². The molecule has 0 radical (unpaired) electrons. The Morgan fingerprint density at radius 1 is 0.923 bits per heavy atom. The van der Waals surface area contributed by atoms with Crippen LogP contribution in [0.2, 0.25) is 0 Å². The van der Waals surface area contributed by atoms with E-state index in [2.05, 4.69) is 20.8 Å². The third-order valence-electron chi connectivity index (χ3n) is 10.2. The molecule has 0 aromatic carbocycles. The Balaban J connectivity index is 1.51. The molecule has 0 bridgehead atoms. The highest BCUT2D eigenvalue weighted by atomic mass is 16.3. The summed E-state index contributed by atoms with van der Waals surface area (Å²) in [6.07, 6.45) is 12.4. The Bertz CT molecular complexity index is 516. The predicted octanol–water partition coefficient (Wildman–Crippen LogP) is 5.41. The first-order valence-electron chi connectivity index (χ1n) is 11.7. The van der Waals surface area contributed by atoms with Gasteiger partial charge in [0.15, 0.2) is 0 Å². The standard InChI is InChI=1S/C24H42O2/c1-5-24(26)13-11-18-17(14-24)6-7-20-19(18)10-12-23(4)21(8-9-22(20)23)15(2)16(3)25/h15-22,25-26H,5-14H2,1-4H3/t15-,16-,17-,18+,19-,20-,21-,22+,23-,24-/m1/s1. The van der Waals surface area contributed by atoms with Crippen molar-refractivity contribution in [3.05, 3.63) is 0 Å². The van der Waals surface area contributed by atoms with Gasteiger partial charge >= 0.3 is 0 Å². The van der Waals surface area contributed by atoms with Crippen molar-refractivity contribution in [3.63, 3.8) is 0 Å². The van der Waals surface area contributed by atoms with Crippen LogP contribution in [0.4, 0.5) is 0 Å². The van der Waals surface area contributed by atoms with E-state index in [0.29, 0.717) is 17.3 Å². The van der Waals surface area contributed by atoms with Crippen LogP contribution in [0.3, 0.4) is 0 Å². The molecule has 4 aliphatic carbocycles. The lowest BCUT2D eigenvalue weighted by Crippen LogP contribution is -2.51. The van der Waals surface area contributed by atoms with Crippen LogP contribution >= 0.6 is 0 Å². The molecule has 0 amide bonds. The zero-order valence-corrected chi connectivity index (χ0v) is 17.6. The molecule has 0 aromatic rings. The zero-order valence-electron chi connectivity index (χ0n) is 17.6. The molecule has 0 unspecified atom stereocenters.